The second-order valence-electron chi connectivity index (χ2n) is 19.4. The fourth-order valence-electron chi connectivity index (χ4n) is 9.78. The predicted molar refractivity (Wildman–Crippen MR) is 226 cm³/mol. The number of ether oxygens (including phenoxy) is 13. The smallest absolute Gasteiger partial charge is 0.187 e. The summed E-state index contributed by atoms with van der Waals surface area (Å²) < 4.78 is 75.2. The molecule has 0 aliphatic carbocycles. The first-order valence-corrected chi connectivity index (χ1v) is 24.1. The van der Waals surface area contributed by atoms with E-state index in [0.717, 1.165) is 0 Å². The maximum absolute atomic E-state index is 11.9. The Morgan fingerprint density at radius 3 is 1.22 bits per heavy atom. The van der Waals surface area contributed by atoms with E-state index in [1.807, 2.05) is 0 Å². The summed E-state index contributed by atoms with van der Waals surface area (Å²) in [6.07, 6.45) is -61.1. The lowest BCUT2D eigenvalue weighted by atomic mass is 9.95. The molecule has 7 saturated heterocycles. The summed E-state index contributed by atoms with van der Waals surface area (Å²) >= 11 is 0. The molecular weight excluding hydrogens is 1020 g/mol. The molecule has 7 aliphatic heterocycles. The van der Waals surface area contributed by atoms with Gasteiger partial charge in [0.2, 0.25) is 0 Å². The molecule has 1 unspecified atom stereocenters. The quantitative estimate of drug-likeness (QED) is 0.0682. The lowest BCUT2D eigenvalue weighted by molar-refractivity contribution is -0.410. The van der Waals surface area contributed by atoms with E-state index in [4.69, 9.17) is 61.6 Å². The number of rotatable bonds is 16. The van der Waals surface area contributed by atoms with Crippen molar-refractivity contribution in [1.29, 1.82) is 0 Å². The molecule has 7 rings (SSSR count). The van der Waals surface area contributed by atoms with Gasteiger partial charge in [0, 0.05) is 6.42 Å². The van der Waals surface area contributed by atoms with Gasteiger partial charge < -0.3 is 159 Å². The van der Waals surface area contributed by atoms with Crippen LogP contribution in [0.3, 0.4) is 0 Å². The van der Waals surface area contributed by atoms with E-state index >= 15 is 0 Å². The van der Waals surface area contributed by atoms with Crippen molar-refractivity contribution >= 4 is 0 Å². The Labute approximate surface area is 420 Å². The van der Waals surface area contributed by atoms with Crippen LogP contribution in [0, 0.1) is 0 Å². The van der Waals surface area contributed by atoms with Crippen molar-refractivity contribution in [2.24, 2.45) is 0 Å². The molecular formula is C42H72O32. The highest BCUT2D eigenvalue weighted by Crippen LogP contribution is 2.38. The lowest BCUT2D eigenvalue weighted by Gasteiger charge is -2.51. The third-order valence-electron chi connectivity index (χ3n) is 14.3. The fourth-order valence-corrected chi connectivity index (χ4v) is 9.78. The van der Waals surface area contributed by atoms with Gasteiger partial charge >= 0.3 is 0 Å². The normalized spacial score (nSPS) is 54.7. The minimum absolute atomic E-state index is 0.273. The summed E-state index contributed by atoms with van der Waals surface area (Å²) in [5, 5.41) is 204. The molecule has 0 spiro atoms. The number of hydrogen-bond donors (Lipinski definition) is 19. The first kappa shape index (κ1) is 60.4. The minimum Gasteiger partial charge on any atom is -0.394 e. The molecule has 32 nitrogen and oxygen atoms in total. The van der Waals surface area contributed by atoms with Gasteiger partial charge in [-0.2, -0.15) is 0 Å². The van der Waals surface area contributed by atoms with Crippen molar-refractivity contribution in [2.75, 3.05) is 26.4 Å². The molecule has 0 aromatic carbocycles. The van der Waals surface area contributed by atoms with Crippen molar-refractivity contribution in [3.63, 3.8) is 0 Å². The molecule has 7 fully saturated rings. The van der Waals surface area contributed by atoms with E-state index in [1.165, 1.54) is 20.8 Å². The summed E-state index contributed by atoms with van der Waals surface area (Å²) in [4.78, 5) is 0. The summed E-state index contributed by atoms with van der Waals surface area (Å²) in [7, 11) is 0. The second-order valence-corrected chi connectivity index (χ2v) is 19.4. The molecule has 0 aromatic heterocycles. The zero-order chi connectivity index (χ0) is 54.4. The van der Waals surface area contributed by atoms with Crippen LogP contribution in [0.15, 0.2) is 0 Å². The lowest BCUT2D eigenvalue weighted by Crippen LogP contribution is -2.68. The molecule has 7 heterocycles. The Bertz CT molecular complexity index is 1730. The fraction of sp³-hybridized carbons (Fsp3) is 1.00. The van der Waals surface area contributed by atoms with E-state index in [-0.39, 0.29) is 6.42 Å². The van der Waals surface area contributed by atoms with Crippen LogP contribution in [0.5, 0.6) is 0 Å². The van der Waals surface area contributed by atoms with Crippen LogP contribution in [0.1, 0.15) is 27.2 Å². The molecule has 0 radical (unpaired) electrons. The molecule has 32 heteroatoms. The van der Waals surface area contributed by atoms with Gasteiger partial charge in [-0.1, -0.05) is 0 Å². The molecule has 0 bridgehead atoms. The van der Waals surface area contributed by atoms with Crippen molar-refractivity contribution in [1.82, 2.24) is 0 Å². The Hall–Kier alpha value is -1.28. The molecule has 0 amide bonds. The Kier molecular flexibility index (Phi) is 20.8. The van der Waals surface area contributed by atoms with E-state index in [2.05, 4.69) is 0 Å². The van der Waals surface area contributed by atoms with Gasteiger partial charge in [0.25, 0.3) is 0 Å². The highest BCUT2D eigenvalue weighted by Gasteiger charge is 2.58. The third kappa shape index (κ3) is 12.4. The van der Waals surface area contributed by atoms with Gasteiger partial charge in [-0.3, -0.25) is 0 Å². The highest BCUT2D eigenvalue weighted by molar-refractivity contribution is 5.00. The SMILES string of the molecule is C[C@@H]1OC(O)[C@H](O)[C@H](O)[C@H]1O[C@H]1O[C@H](CO)[C@@H](O)[C@H](O[C@H]2O[C@H](C)[C@H](O)C[C@H]2O)[C@@H]1O[C@H]1O[C@H](CO)[C@H](O)[C@H](O[C@@H]2O[C@@H](C)[C@H](O[C@H]3O[C@H](CO)[C@@H](O)[C@H](O)[C@@H]3O[C@H]3O[C@H](CO)[C@H](O)[C@H](O)[C@H]3O)[C@@H](O)[C@H]2O)[C@H]1O. The third-order valence-corrected chi connectivity index (χ3v) is 14.3. The van der Waals surface area contributed by atoms with Crippen LogP contribution in [-0.2, 0) is 61.6 Å². The maximum Gasteiger partial charge on any atom is 0.187 e. The summed E-state index contributed by atoms with van der Waals surface area (Å²) in [6.45, 7) is 0.364. The topological polar surface area (TPSA) is 504 Å². The average Bonchev–Trinajstić information content (AvgIpc) is 3.36. The van der Waals surface area contributed by atoms with E-state index < -0.39 is 235 Å². The zero-order valence-corrected chi connectivity index (χ0v) is 40.0. The van der Waals surface area contributed by atoms with Crippen LogP contribution in [0.25, 0.3) is 0 Å². The number of aliphatic hydroxyl groups excluding tert-OH is 19. The predicted octanol–water partition coefficient (Wildman–Crippen LogP) is -12.2. The summed E-state index contributed by atoms with van der Waals surface area (Å²) in [6, 6.07) is 0. The standard InChI is InChI=1S/C42H72O32/c1-9-12(47)4-13(48)37(63-9)72-33-21(52)17(8-46)68-42(70-30-10(2)62-36(61)26(57)24(30)55)35(33)74-40-29(60)32(20(51)16(7-45)66-40)71-38-28(59)25(56)31(11(3)64-38)69-41-34(23(54)19(50)15(6-44)67-41)73-39-27(58)22(53)18(49)14(5-43)65-39/h9-61H,4-8H2,1-3H3/t9-,10+,11+,12-,13-,14-,15-,16-,17-,18+,19-,20+,21-,22+,23+,24+,25+,26-,27-,28-,29-,30+,31+,32+,33+,34+,35+,36?,37-,38+,39-,40-,41-,42-/m1/s1. The van der Waals surface area contributed by atoms with Gasteiger partial charge in [-0.15, -0.1) is 0 Å². The van der Waals surface area contributed by atoms with Crippen LogP contribution in [0.2, 0.25) is 0 Å². The number of hydrogen-bond acceptors (Lipinski definition) is 32. The summed E-state index contributed by atoms with van der Waals surface area (Å²) in [5.41, 5.74) is 0. The van der Waals surface area contributed by atoms with E-state index in [1.54, 1.807) is 0 Å². The maximum atomic E-state index is 11.9. The monoisotopic (exact) mass is 1090 g/mol. The Balaban J connectivity index is 1.11. The second kappa shape index (κ2) is 25.4. The van der Waals surface area contributed by atoms with E-state index in [0.29, 0.717) is 0 Å². The van der Waals surface area contributed by atoms with Gasteiger partial charge in [-0.05, 0) is 20.8 Å². The minimum atomic E-state index is -2.22. The molecule has 7 aliphatic rings. The molecule has 0 aromatic rings. The average molecular weight is 1090 g/mol. The Morgan fingerprint density at radius 1 is 0.284 bits per heavy atom. The van der Waals surface area contributed by atoms with Gasteiger partial charge in [-0.25, -0.2) is 0 Å². The van der Waals surface area contributed by atoms with Crippen molar-refractivity contribution in [3.8, 4) is 0 Å². The zero-order valence-electron chi connectivity index (χ0n) is 40.0. The van der Waals surface area contributed by atoms with Gasteiger partial charge in [0.15, 0.2) is 44.0 Å². The largest absolute Gasteiger partial charge is 0.394 e. The first-order valence-electron chi connectivity index (χ1n) is 24.1. The van der Waals surface area contributed by atoms with E-state index in [9.17, 15) is 97.0 Å². The Morgan fingerprint density at radius 2 is 0.649 bits per heavy atom. The molecule has 432 valence electrons. The highest BCUT2D eigenvalue weighted by atomic mass is 16.8. The molecule has 74 heavy (non-hydrogen) atoms. The van der Waals surface area contributed by atoms with Crippen molar-refractivity contribution in [2.45, 2.75) is 236 Å². The molecule has 34 atom stereocenters. The first-order chi connectivity index (χ1) is 35.0. The van der Waals surface area contributed by atoms with Gasteiger partial charge in [0.05, 0.1) is 50.8 Å². The van der Waals surface area contributed by atoms with Crippen LogP contribution in [-0.4, -0.2) is 332 Å². The molecule has 0 saturated carbocycles. The number of aliphatic hydroxyl groups is 19. The van der Waals surface area contributed by atoms with Gasteiger partial charge in [0.1, 0.15) is 140 Å². The van der Waals surface area contributed by atoms with Crippen LogP contribution in [0.4, 0.5) is 0 Å². The van der Waals surface area contributed by atoms with Crippen molar-refractivity contribution < 1.29 is 159 Å². The van der Waals surface area contributed by atoms with Crippen molar-refractivity contribution in [3.05, 3.63) is 0 Å². The van der Waals surface area contributed by atoms with Crippen LogP contribution >= 0.6 is 0 Å². The van der Waals surface area contributed by atoms with Crippen LogP contribution < -0.4 is 0 Å². The molecule has 19 N–H and O–H groups in total. The summed E-state index contributed by atoms with van der Waals surface area (Å²) in [5.74, 6) is 0.